The number of carbonyl (C=O) groups excluding carboxylic acids is 1. The van der Waals surface area contributed by atoms with Gasteiger partial charge in [-0.2, -0.15) is 0 Å². The SMILES string of the molecule is COc1cc(CNC(=O)CN(c2ccc(Cl)cc2)S(=O)(=O)c2ccccc2)cc(OC)c1OC. The van der Waals surface area contributed by atoms with E-state index in [0.29, 0.717) is 33.5 Å². The van der Waals surface area contributed by atoms with Gasteiger partial charge in [-0.3, -0.25) is 9.10 Å². The van der Waals surface area contributed by atoms with Crippen LogP contribution < -0.4 is 23.8 Å². The van der Waals surface area contributed by atoms with E-state index in [1.165, 1.54) is 33.5 Å². The van der Waals surface area contributed by atoms with Crippen LogP contribution in [0.1, 0.15) is 5.56 Å². The summed E-state index contributed by atoms with van der Waals surface area (Å²) in [5.74, 6) is 0.826. The number of anilines is 1. The average molecular weight is 505 g/mol. The maximum atomic E-state index is 13.3. The number of carbonyl (C=O) groups is 1. The zero-order valence-corrected chi connectivity index (χ0v) is 20.5. The standard InChI is InChI=1S/C24H25ClN2O6S/c1-31-21-13-17(14-22(32-2)24(21)33-3)15-26-23(28)16-27(19-11-9-18(25)10-12-19)34(29,30)20-7-5-4-6-8-20/h4-14H,15-16H2,1-3H3,(H,26,28). The van der Waals surface area contributed by atoms with Gasteiger partial charge in [-0.1, -0.05) is 29.8 Å². The molecule has 0 aliphatic rings. The molecule has 0 aliphatic carbocycles. The van der Waals surface area contributed by atoms with Crippen molar-refractivity contribution in [3.63, 3.8) is 0 Å². The van der Waals surface area contributed by atoms with Crippen molar-refractivity contribution in [2.24, 2.45) is 0 Å². The van der Waals surface area contributed by atoms with E-state index in [9.17, 15) is 13.2 Å². The molecule has 0 bridgehead atoms. The van der Waals surface area contributed by atoms with E-state index >= 15 is 0 Å². The zero-order valence-electron chi connectivity index (χ0n) is 18.9. The number of hydrogen-bond acceptors (Lipinski definition) is 6. The highest BCUT2D eigenvalue weighted by molar-refractivity contribution is 7.92. The fourth-order valence-electron chi connectivity index (χ4n) is 3.27. The second-order valence-corrected chi connectivity index (χ2v) is 9.41. The van der Waals surface area contributed by atoms with Gasteiger partial charge >= 0.3 is 0 Å². The third kappa shape index (κ3) is 5.73. The lowest BCUT2D eigenvalue weighted by Crippen LogP contribution is -2.40. The summed E-state index contributed by atoms with van der Waals surface area (Å²) in [5.41, 5.74) is 1.00. The summed E-state index contributed by atoms with van der Waals surface area (Å²) >= 11 is 5.97. The summed E-state index contributed by atoms with van der Waals surface area (Å²) in [6.45, 7) is -0.307. The van der Waals surface area contributed by atoms with Crippen molar-refractivity contribution in [1.29, 1.82) is 0 Å². The van der Waals surface area contributed by atoms with Crippen LogP contribution in [0.25, 0.3) is 0 Å². The lowest BCUT2D eigenvalue weighted by Gasteiger charge is -2.24. The Bertz CT molecular complexity index is 1210. The van der Waals surface area contributed by atoms with Gasteiger partial charge in [0.1, 0.15) is 6.54 Å². The summed E-state index contributed by atoms with van der Waals surface area (Å²) in [6, 6.07) is 17.6. The zero-order chi connectivity index (χ0) is 24.7. The molecule has 0 aliphatic heterocycles. The van der Waals surface area contributed by atoms with Crippen LogP contribution in [-0.4, -0.2) is 42.2 Å². The van der Waals surface area contributed by atoms with Gasteiger partial charge in [0.25, 0.3) is 10.0 Å². The number of ether oxygens (including phenoxy) is 3. The minimum atomic E-state index is -4.00. The number of halogens is 1. The molecule has 3 rings (SSSR count). The van der Waals surface area contributed by atoms with E-state index in [1.54, 1.807) is 54.6 Å². The maximum absolute atomic E-state index is 13.3. The first-order valence-corrected chi connectivity index (χ1v) is 12.0. The van der Waals surface area contributed by atoms with Gasteiger partial charge in [0.15, 0.2) is 11.5 Å². The molecule has 0 atom stereocenters. The van der Waals surface area contributed by atoms with Crippen LogP contribution in [-0.2, 0) is 21.4 Å². The number of methoxy groups -OCH3 is 3. The van der Waals surface area contributed by atoms with E-state index in [1.807, 2.05) is 0 Å². The Labute approximate surface area is 204 Å². The lowest BCUT2D eigenvalue weighted by atomic mass is 10.1. The Morgan fingerprint density at radius 1 is 0.912 bits per heavy atom. The summed E-state index contributed by atoms with van der Waals surface area (Å²) in [6.07, 6.45) is 0. The monoisotopic (exact) mass is 504 g/mol. The average Bonchev–Trinajstić information content (AvgIpc) is 2.86. The normalized spacial score (nSPS) is 10.9. The quantitative estimate of drug-likeness (QED) is 0.450. The molecule has 180 valence electrons. The molecule has 1 amide bonds. The van der Waals surface area contributed by atoms with Crippen molar-refractivity contribution < 1.29 is 27.4 Å². The predicted molar refractivity (Wildman–Crippen MR) is 130 cm³/mol. The fraction of sp³-hybridized carbons (Fsp3) is 0.208. The molecule has 0 unspecified atom stereocenters. The van der Waals surface area contributed by atoms with Crippen molar-refractivity contribution in [3.05, 3.63) is 77.3 Å². The molecular formula is C24H25ClN2O6S. The minimum Gasteiger partial charge on any atom is -0.493 e. The number of sulfonamides is 1. The van der Waals surface area contributed by atoms with Gasteiger partial charge in [-0.15, -0.1) is 0 Å². The molecule has 0 fully saturated rings. The number of amides is 1. The van der Waals surface area contributed by atoms with Crippen LogP contribution in [0.15, 0.2) is 71.6 Å². The van der Waals surface area contributed by atoms with Crippen molar-refractivity contribution >= 4 is 33.2 Å². The highest BCUT2D eigenvalue weighted by atomic mass is 35.5. The molecule has 0 spiro atoms. The van der Waals surface area contributed by atoms with Crippen molar-refractivity contribution in [2.75, 3.05) is 32.2 Å². The summed E-state index contributed by atoms with van der Waals surface area (Å²) in [4.78, 5) is 12.9. The van der Waals surface area contributed by atoms with E-state index < -0.39 is 22.5 Å². The van der Waals surface area contributed by atoms with Crippen LogP contribution in [0.5, 0.6) is 17.2 Å². The maximum Gasteiger partial charge on any atom is 0.264 e. The Hall–Kier alpha value is -3.43. The van der Waals surface area contributed by atoms with Crippen LogP contribution in [0.2, 0.25) is 5.02 Å². The molecule has 0 heterocycles. The third-order valence-corrected chi connectivity index (χ3v) is 6.99. The molecule has 1 N–H and O–H groups in total. The van der Waals surface area contributed by atoms with E-state index in [0.717, 1.165) is 4.31 Å². The second kappa shape index (κ2) is 11.1. The van der Waals surface area contributed by atoms with Gasteiger partial charge in [-0.05, 0) is 54.1 Å². The van der Waals surface area contributed by atoms with E-state index in [-0.39, 0.29) is 11.4 Å². The van der Waals surface area contributed by atoms with Gasteiger partial charge < -0.3 is 19.5 Å². The first-order chi connectivity index (χ1) is 16.3. The summed E-state index contributed by atoms with van der Waals surface area (Å²) < 4.78 is 43.7. The number of nitrogens with one attached hydrogen (secondary N) is 1. The number of nitrogens with zero attached hydrogens (tertiary/aromatic N) is 1. The molecule has 0 radical (unpaired) electrons. The lowest BCUT2D eigenvalue weighted by molar-refractivity contribution is -0.119. The highest BCUT2D eigenvalue weighted by Crippen LogP contribution is 2.38. The van der Waals surface area contributed by atoms with Gasteiger partial charge in [0.05, 0.1) is 31.9 Å². The van der Waals surface area contributed by atoms with Crippen molar-refractivity contribution in [2.45, 2.75) is 11.4 Å². The molecule has 8 nitrogen and oxygen atoms in total. The Kier molecular flexibility index (Phi) is 8.25. The summed E-state index contributed by atoms with van der Waals surface area (Å²) in [5, 5.41) is 3.20. The topological polar surface area (TPSA) is 94.2 Å². The first-order valence-electron chi connectivity index (χ1n) is 10.2. The molecule has 0 aromatic heterocycles. The number of hydrogen-bond donors (Lipinski definition) is 1. The molecule has 10 heteroatoms. The Morgan fingerprint density at radius 2 is 1.50 bits per heavy atom. The second-order valence-electron chi connectivity index (χ2n) is 7.11. The van der Waals surface area contributed by atoms with Crippen LogP contribution in [0, 0.1) is 0 Å². The van der Waals surface area contributed by atoms with Gasteiger partial charge in [-0.25, -0.2) is 8.42 Å². The first kappa shape index (κ1) is 25.2. The molecule has 34 heavy (non-hydrogen) atoms. The minimum absolute atomic E-state index is 0.0716. The highest BCUT2D eigenvalue weighted by Gasteiger charge is 2.27. The smallest absolute Gasteiger partial charge is 0.264 e. The molecule has 3 aromatic rings. The van der Waals surface area contributed by atoms with E-state index in [2.05, 4.69) is 5.32 Å². The van der Waals surface area contributed by atoms with Gasteiger partial charge in [0.2, 0.25) is 11.7 Å². The van der Waals surface area contributed by atoms with Crippen LogP contribution >= 0.6 is 11.6 Å². The van der Waals surface area contributed by atoms with Crippen LogP contribution in [0.4, 0.5) is 5.69 Å². The third-order valence-electron chi connectivity index (χ3n) is 4.95. The Morgan fingerprint density at radius 3 is 2.03 bits per heavy atom. The van der Waals surface area contributed by atoms with E-state index in [4.69, 9.17) is 25.8 Å². The van der Waals surface area contributed by atoms with Crippen molar-refractivity contribution in [1.82, 2.24) is 5.32 Å². The molecule has 0 saturated heterocycles. The largest absolute Gasteiger partial charge is 0.493 e. The van der Waals surface area contributed by atoms with Gasteiger partial charge in [0, 0.05) is 11.6 Å². The van der Waals surface area contributed by atoms with Crippen LogP contribution in [0.3, 0.4) is 0 Å². The fourth-order valence-corrected chi connectivity index (χ4v) is 4.83. The molecular weight excluding hydrogens is 480 g/mol. The predicted octanol–water partition coefficient (Wildman–Crippen LogP) is 3.88. The summed E-state index contributed by atoms with van der Waals surface area (Å²) in [7, 11) is 0.494. The molecule has 3 aromatic carbocycles. The molecule has 0 saturated carbocycles. The Balaban J connectivity index is 1.84. The van der Waals surface area contributed by atoms with Crippen molar-refractivity contribution in [3.8, 4) is 17.2 Å². The number of rotatable bonds is 10. The number of benzene rings is 3.